The largest absolute Gasteiger partial charge is 0.496 e. The minimum absolute atomic E-state index is 0.0403. The summed E-state index contributed by atoms with van der Waals surface area (Å²) in [7, 11) is 1.69. The molecule has 1 fully saturated rings. The van der Waals surface area contributed by atoms with Gasteiger partial charge in [-0.1, -0.05) is 19.1 Å². The third-order valence-corrected chi connectivity index (χ3v) is 5.48. The number of allylic oxidation sites excluding steroid dienone is 4. The van der Waals surface area contributed by atoms with E-state index in [2.05, 4.69) is 13.0 Å². The predicted octanol–water partition coefficient (Wildman–Crippen LogP) is 6.01. The lowest BCUT2D eigenvalue weighted by atomic mass is 9.98. The number of alkyl halides is 6. The number of nitrogens with zero attached hydrogens (tertiary/aromatic N) is 1. The molecule has 10 heteroatoms. The summed E-state index contributed by atoms with van der Waals surface area (Å²) in [6.07, 6.45) is -8.01. The van der Waals surface area contributed by atoms with Crippen molar-refractivity contribution in [1.82, 2.24) is 4.90 Å². The average Bonchev–Trinajstić information content (AvgIpc) is 3.22. The highest BCUT2D eigenvalue weighted by Gasteiger charge is 2.41. The number of likely N-dealkylation sites (tertiary alicyclic amines) is 1. The minimum Gasteiger partial charge on any atom is -0.496 e. The number of ether oxygens (including phenoxy) is 1. The van der Waals surface area contributed by atoms with Crippen molar-refractivity contribution in [1.29, 1.82) is 0 Å². The highest BCUT2D eigenvalue weighted by Crippen LogP contribution is 2.37. The molecule has 0 aromatic heterocycles. The normalized spacial score (nSPS) is 18.9. The monoisotopic (exact) mass is 477 g/mol. The van der Waals surface area contributed by atoms with Crippen LogP contribution in [0.25, 0.3) is 0 Å². The number of hydrogen-bond donors (Lipinski definition) is 0. The van der Waals surface area contributed by atoms with Gasteiger partial charge < -0.3 is 9.64 Å². The standard InChI is InChI=1S/C15H21NO2.C8H4F6O/c1-4-15(17)16-10-6-8-13(16)12-7-5-9-14(18-3)11(12)2;9-7(10,11)4-1-5(8(12,13)14)3-6(15)2-4/h5,7,9,13H,4,6,8,10H2,1-3H3;1-2H,3H2. The zero-order chi connectivity index (χ0) is 25.0. The lowest BCUT2D eigenvalue weighted by Crippen LogP contribution is -2.30. The Labute approximate surface area is 187 Å². The van der Waals surface area contributed by atoms with Crippen molar-refractivity contribution in [2.45, 2.75) is 57.9 Å². The van der Waals surface area contributed by atoms with Crippen LogP contribution in [-0.4, -0.2) is 42.6 Å². The van der Waals surface area contributed by atoms with Crippen LogP contribution >= 0.6 is 0 Å². The van der Waals surface area contributed by atoms with Crippen LogP contribution in [0, 0.1) is 6.92 Å². The number of benzene rings is 1. The van der Waals surface area contributed by atoms with E-state index in [1.54, 1.807) is 7.11 Å². The molecular weight excluding hydrogens is 452 g/mol. The predicted molar refractivity (Wildman–Crippen MR) is 110 cm³/mol. The zero-order valence-corrected chi connectivity index (χ0v) is 18.4. The lowest BCUT2D eigenvalue weighted by Gasteiger charge is -2.26. The van der Waals surface area contributed by atoms with Crippen molar-refractivity contribution >= 4 is 11.7 Å². The topological polar surface area (TPSA) is 46.6 Å². The summed E-state index contributed by atoms with van der Waals surface area (Å²) in [5.74, 6) is -0.0415. The van der Waals surface area contributed by atoms with E-state index in [9.17, 15) is 35.9 Å². The zero-order valence-electron chi connectivity index (χ0n) is 18.4. The van der Waals surface area contributed by atoms with Crippen LogP contribution in [0.4, 0.5) is 26.3 Å². The van der Waals surface area contributed by atoms with E-state index >= 15 is 0 Å². The first-order chi connectivity index (χ1) is 15.3. The third kappa shape index (κ3) is 6.61. The molecule has 1 aliphatic heterocycles. The molecule has 1 aromatic carbocycles. The van der Waals surface area contributed by atoms with Crippen LogP contribution in [-0.2, 0) is 9.59 Å². The lowest BCUT2D eigenvalue weighted by molar-refractivity contribution is -0.131. The molecule has 1 amide bonds. The third-order valence-electron chi connectivity index (χ3n) is 5.48. The fourth-order valence-corrected chi connectivity index (χ4v) is 3.84. The molecule has 1 saturated heterocycles. The Balaban J connectivity index is 0.000000238. The quantitative estimate of drug-likeness (QED) is 0.501. The Morgan fingerprint density at radius 1 is 1.12 bits per heavy atom. The van der Waals surface area contributed by atoms with Gasteiger partial charge in [0, 0.05) is 25.0 Å². The summed E-state index contributed by atoms with van der Waals surface area (Å²) in [6.45, 7) is 4.88. The Kier molecular flexibility index (Phi) is 8.37. The maximum atomic E-state index is 12.1. The van der Waals surface area contributed by atoms with Crippen LogP contribution in [0.3, 0.4) is 0 Å². The SMILES string of the molecule is CCC(=O)N1CCCC1c1cccc(OC)c1C.O=C1C=C(C(F)(F)F)C=C(C(F)(F)F)C1. The second-order valence-electron chi connectivity index (χ2n) is 7.68. The molecule has 0 N–H and O–H groups in total. The van der Waals surface area contributed by atoms with Gasteiger partial charge in [-0.3, -0.25) is 9.59 Å². The van der Waals surface area contributed by atoms with Gasteiger partial charge in [-0.25, -0.2) is 0 Å². The number of carbonyl (C=O) groups excluding carboxylic acids is 2. The van der Waals surface area contributed by atoms with Gasteiger partial charge in [-0.15, -0.1) is 0 Å². The Morgan fingerprint density at radius 2 is 1.79 bits per heavy atom. The summed E-state index contributed by atoms with van der Waals surface area (Å²) in [5.41, 5.74) is -0.650. The second-order valence-corrected chi connectivity index (χ2v) is 7.68. The molecule has 1 atom stereocenters. The number of hydrogen-bond acceptors (Lipinski definition) is 3. The van der Waals surface area contributed by atoms with E-state index in [0.717, 1.165) is 30.7 Å². The van der Waals surface area contributed by atoms with E-state index in [1.807, 2.05) is 24.0 Å². The first-order valence-corrected chi connectivity index (χ1v) is 10.3. The highest BCUT2D eigenvalue weighted by atomic mass is 19.4. The molecule has 182 valence electrons. The van der Waals surface area contributed by atoms with Gasteiger partial charge in [-0.05, 0) is 49.1 Å². The van der Waals surface area contributed by atoms with Crippen molar-refractivity contribution in [3.63, 3.8) is 0 Å². The molecule has 0 radical (unpaired) electrons. The maximum absolute atomic E-state index is 12.1. The Bertz CT molecular complexity index is 946. The molecule has 3 rings (SSSR count). The van der Waals surface area contributed by atoms with Gasteiger partial charge in [0.25, 0.3) is 0 Å². The van der Waals surface area contributed by atoms with Crippen LogP contribution in [0.1, 0.15) is 49.8 Å². The number of methoxy groups -OCH3 is 1. The number of carbonyl (C=O) groups is 2. The van der Waals surface area contributed by atoms with Crippen LogP contribution < -0.4 is 4.74 Å². The summed E-state index contributed by atoms with van der Waals surface area (Å²) in [6, 6.07) is 6.32. The molecular formula is C23H25F6NO3. The fourth-order valence-electron chi connectivity index (χ4n) is 3.84. The van der Waals surface area contributed by atoms with Crippen LogP contribution in [0.15, 0.2) is 41.5 Å². The van der Waals surface area contributed by atoms with Crippen LogP contribution in [0.5, 0.6) is 5.75 Å². The minimum atomic E-state index is -4.94. The maximum Gasteiger partial charge on any atom is 0.416 e. The molecule has 4 nitrogen and oxygen atoms in total. The van der Waals surface area contributed by atoms with E-state index < -0.39 is 35.7 Å². The van der Waals surface area contributed by atoms with Crippen molar-refractivity contribution in [3.8, 4) is 5.75 Å². The first kappa shape index (κ1) is 26.5. The van der Waals surface area contributed by atoms with Gasteiger partial charge in [-0.2, -0.15) is 26.3 Å². The fraction of sp³-hybridized carbons (Fsp3) is 0.478. The number of amides is 1. The van der Waals surface area contributed by atoms with Crippen molar-refractivity contribution in [2.75, 3.05) is 13.7 Å². The second kappa shape index (κ2) is 10.4. The Hall–Kier alpha value is -2.78. The van der Waals surface area contributed by atoms with E-state index in [4.69, 9.17) is 4.74 Å². The summed E-state index contributed by atoms with van der Waals surface area (Å²) < 4.78 is 77.7. The van der Waals surface area contributed by atoms with Gasteiger partial charge in [0.15, 0.2) is 5.78 Å². The molecule has 1 aliphatic carbocycles. The number of rotatable bonds is 3. The molecule has 1 heterocycles. The summed E-state index contributed by atoms with van der Waals surface area (Å²) in [4.78, 5) is 24.6. The molecule has 1 aromatic rings. The van der Waals surface area contributed by atoms with Gasteiger partial charge in [0.1, 0.15) is 5.75 Å². The van der Waals surface area contributed by atoms with Crippen LogP contribution in [0.2, 0.25) is 0 Å². The molecule has 0 saturated carbocycles. The van der Waals surface area contributed by atoms with E-state index in [1.165, 1.54) is 5.56 Å². The molecule has 0 spiro atoms. The molecule has 1 unspecified atom stereocenters. The first-order valence-electron chi connectivity index (χ1n) is 10.3. The van der Waals surface area contributed by atoms with Gasteiger partial charge in [0.2, 0.25) is 5.91 Å². The van der Waals surface area contributed by atoms with Crippen molar-refractivity contribution in [2.24, 2.45) is 0 Å². The van der Waals surface area contributed by atoms with E-state index in [0.29, 0.717) is 6.42 Å². The molecule has 2 aliphatic rings. The molecule has 0 bridgehead atoms. The summed E-state index contributed by atoms with van der Waals surface area (Å²) in [5, 5.41) is 0. The Morgan fingerprint density at radius 3 is 2.33 bits per heavy atom. The van der Waals surface area contributed by atoms with Crippen molar-refractivity contribution < 1.29 is 40.7 Å². The molecule has 33 heavy (non-hydrogen) atoms. The summed E-state index contributed by atoms with van der Waals surface area (Å²) >= 11 is 0. The number of halogens is 6. The van der Waals surface area contributed by atoms with E-state index in [-0.39, 0.29) is 24.1 Å². The average molecular weight is 477 g/mol. The number of ketones is 1. The van der Waals surface area contributed by atoms with Gasteiger partial charge >= 0.3 is 12.4 Å². The highest BCUT2D eigenvalue weighted by molar-refractivity contribution is 5.94. The van der Waals surface area contributed by atoms with Crippen molar-refractivity contribution in [3.05, 3.63) is 52.6 Å². The smallest absolute Gasteiger partial charge is 0.416 e. The van der Waals surface area contributed by atoms with Gasteiger partial charge in [0.05, 0.1) is 18.7 Å².